The molecular formula is C5H11NO3SZn. The molecule has 0 spiro atoms. The fourth-order valence-electron chi connectivity index (χ4n) is 0.479. The van der Waals surface area contributed by atoms with Crippen molar-refractivity contribution in [3.05, 3.63) is 0 Å². The van der Waals surface area contributed by atoms with Gasteiger partial charge in [-0.3, -0.25) is 4.79 Å². The van der Waals surface area contributed by atoms with Crippen molar-refractivity contribution >= 4 is 17.7 Å². The zero-order valence-electron chi connectivity index (χ0n) is 6.41. The summed E-state index contributed by atoms with van der Waals surface area (Å²) in [6, 6.07) is -0.826. The molecule has 0 aliphatic carbocycles. The van der Waals surface area contributed by atoms with Gasteiger partial charge in [0.1, 0.15) is 6.04 Å². The molecule has 0 amide bonds. The van der Waals surface area contributed by atoms with Crippen molar-refractivity contribution < 1.29 is 34.6 Å². The Morgan fingerprint density at radius 1 is 1.73 bits per heavy atom. The van der Waals surface area contributed by atoms with Crippen molar-refractivity contribution in [1.29, 1.82) is 0 Å². The summed E-state index contributed by atoms with van der Waals surface area (Å²) in [5.74, 6) is -0.290. The van der Waals surface area contributed by atoms with Crippen LogP contribution in [0.15, 0.2) is 0 Å². The summed E-state index contributed by atoms with van der Waals surface area (Å²) >= 11 is 1.55. The summed E-state index contributed by atoms with van der Waals surface area (Å²) < 4.78 is 0. The Kier molecular flexibility index (Phi) is 10.7. The third-order valence-corrected chi connectivity index (χ3v) is 1.71. The van der Waals surface area contributed by atoms with E-state index >= 15 is 0 Å². The van der Waals surface area contributed by atoms with Crippen LogP contribution in [0, 0.1) is 0 Å². The van der Waals surface area contributed by atoms with E-state index in [9.17, 15) is 4.79 Å². The van der Waals surface area contributed by atoms with Gasteiger partial charge in [0, 0.05) is 19.5 Å². The first-order valence-electron chi connectivity index (χ1n) is 2.83. The fraction of sp³-hybridized carbons (Fsp3) is 0.800. The van der Waals surface area contributed by atoms with Crippen LogP contribution in [-0.4, -0.2) is 34.3 Å². The normalized spacial score (nSPS) is 11.8. The van der Waals surface area contributed by atoms with Crippen molar-refractivity contribution in [2.75, 3.05) is 12.0 Å². The molecule has 3 N–H and O–H groups in total. The Labute approximate surface area is 82.5 Å². The molecule has 0 saturated heterocycles. The SMILES string of the molecule is CSCC[C@H](NO)C(=O)O.[Zn]. The second kappa shape index (κ2) is 8.46. The third kappa shape index (κ3) is 6.75. The minimum absolute atomic E-state index is 0. The number of hydroxylamine groups is 1. The second-order valence-corrected chi connectivity index (χ2v) is 2.79. The Morgan fingerprint density at radius 2 is 2.27 bits per heavy atom. The maximum atomic E-state index is 10.2. The standard InChI is InChI=1S/C5H11NO3S.Zn/c1-10-3-2-4(6-9)5(7)8;/h4,6,9H,2-3H2,1H3,(H,7,8);/t4-;/m0./s1. The van der Waals surface area contributed by atoms with Crippen molar-refractivity contribution in [1.82, 2.24) is 5.48 Å². The molecule has 0 aromatic carbocycles. The van der Waals surface area contributed by atoms with E-state index in [4.69, 9.17) is 10.3 Å². The first kappa shape index (κ1) is 13.9. The molecule has 0 radical (unpaired) electrons. The van der Waals surface area contributed by atoms with Gasteiger partial charge in [0.25, 0.3) is 0 Å². The molecular weight excluding hydrogens is 220 g/mol. The van der Waals surface area contributed by atoms with Crippen LogP contribution in [-0.2, 0) is 24.3 Å². The summed E-state index contributed by atoms with van der Waals surface area (Å²) in [7, 11) is 0. The van der Waals surface area contributed by atoms with Gasteiger partial charge in [-0.2, -0.15) is 17.2 Å². The van der Waals surface area contributed by atoms with Crippen LogP contribution in [0.4, 0.5) is 0 Å². The number of rotatable bonds is 5. The van der Waals surface area contributed by atoms with Gasteiger partial charge >= 0.3 is 5.97 Å². The third-order valence-electron chi connectivity index (χ3n) is 1.06. The number of hydrogen-bond acceptors (Lipinski definition) is 4. The Hall–Kier alpha value is 0.363. The van der Waals surface area contributed by atoms with Gasteiger partial charge in [-0.05, 0) is 18.4 Å². The van der Waals surface area contributed by atoms with E-state index in [0.717, 1.165) is 5.75 Å². The van der Waals surface area contributed by atoms with E-state index in [1.807, 2.05) is 6.26 Å². The molecule has 0 heterocycles. The van der Waals surface area contributed by atoms with E-state index < -0.39 is 12.0 Å². The molecule has 0 bridgehead atoms. The summed E-state index contributed by atoms with van der Waals surface area (Å²) in [5, 5.41) is 16.7. The summed E-state index contributed by atoms with van der Waals surface area (Å²) in [5.41, 5.74) is 1.72. The van der Waals surface area contributed by atoms with Gasteiger partial charge in [-0.1, -0.05) is 0 Å². The molecule has 0 aromatic heterocycles. The largest absolute Gasteiger partial charge is 0.480 e. The molecule has 0 unspecified atom stereocenters. The van der Waals surface area contributed by atoms with Crippen molar-refractivity contribution in [2.45, 2.75) is 12.5 Å². The quantitative estimate of drug-likeness (QED) is 0.464. The number of carboxylic acid groups (broad SMARTS) is 1. The average Bonchev–Trinajstić information content (AvgIpc) is 1.89. The van der Waals surface area contributed by atoms with Gasteiger partial charge in [0.05, 0.1) is 0 Å². The molecule has 11 heavy (non-hydrogen) atoms. The van der Waals surface area contributed by atoms with Crippen molar-refractivity contribution in [2.24, 2.45) is 0 Å². The maximum absolute atomic E-state index is 10.2. The van der Waals surface area contributed by atoms with Gasteiger partial charge in [-0.15, -0.1) is 0 Å². The topological polar surface area (TPSA) is 69.6 Å². The number of aliphatic carboxylic acids is 1. The maximum Gasteiger partial charge on any atom is 0.323 e. The van der Waals surface area contributed by atoms with Crippen LogP contribution in [0.2, 0.25) is 0 Å². The van der Waals surface area contributed by atoms with Crippen molar-refractivity contribution in [3.63, 3.8) is 0 Å². The van der Waals surface area contributed by atoms with Crippen LogP contribution >= 0.6 is 11.8 Å². The van der Waals surface area contributed by atoms with Crippen LogP contribution in [0.5, 0.6) is 0 Å². The van der Waals surface area contributed by atoms with E-state index in [2.05, 4.69) is 0 Å². The van der Waals surface area contributed by atoms with Gasteiger partial charge in [-0.25, -0.2) is 0 Å². The van der Waals surface area contributed by atoms with E-state index in [1.54, 1.807) is 17.2 Å². The molecule has 0 fully saturated rings. The van der Waals surface area contributed by atoms with E-state index in [-0.39, 0.29) is 19.5 Å². The Balaban J connectivity index is 0. The predicted octanol–water partition coefficient (Wildman–Crippen LogP) is 0.169. The van der Waals surface area contributed by atoms with Gasteiger partial charge in [0.2, 0.25) is 0 Å². The van der Waals surface area contributed by atoms with E-state index in [0.29, 0.717) is 6.42 Å². The smallest absolute Gasteiger partial charge is 0.323 e. The molecule has 0 rings (SSSR count). The second-order valence-electron chi connectivity index (χ2n) is 1.80. The Morgan fingerprint density at radius 3 is 2.55 bits per heavy atom. The van der Waals surface area contributed by atoms with Crippen LogP contribution in [0.3, 0.4) is 0 Å². The fourth-order valence-corrected chi connectivity index (χ4v) is 0.950. The molecule has 0 aromatic rings. The number of carbonyl (C=O) groups is 1. The first-order valence-corrected chi connectivity index (χ1v) is 4.23. The minimum Gasteiger partial charge on any atom is -0.480 e. The van der Waals surface area contributed by atoms with Gasteiger partial charge < -0.3 is 10.3 Å². The number of nitrogens with one attached hydrogen (secondary N) is 1. The van der Waals surface area contributed by atoms with Crippen LogP contribution in [0.25, 0.3) is 0 Å². The molecule has 6 heteroatoms. The first-order chi connectivity index (χ1) is 4.72. The molecule has 0 saturated carbocycles. The van der Waals surface area contributed by atoms with Crippen LogP contribution < -0.4 is 5.48 Å². The van der Waals surface area contributed by atoms with Gasteiger partial charge in [0.15, 0.2) is 0 Å². The number of hydrogen-bond donors (Lipinski definition) is 3. The zero-order valence-corrected chi connectivity index (χ0v) is 10.2. The average molecular weight is 231 g/mol. The summed E-state index contributed by atoms with van der Waals surface area (Å²) in [4.78, 5) is 10.2. The zero-order chi connectivity index (χ0) is 7.98. The summed E-state index contributed by atoms with van der Waals surface area (Å²) in [6.45, 7) is 0. The molecule has 4 nitrogen and oxygen atoms in total. The molecule has 0 aliphatic rings. The van der Waals surface area contributed by atoms with Crippen LogP contribution in [0.1, 0.15) is 6.42 Å². The Bertz CT molecular complexity index is 114. The molecule has 62 valence electrons. The summed E-state index contributed by atoms with van der Waals surface area (Å²) in [6.07, 6.45) is 2.32. The number of carboxylic acids is 1. The predicted molar refractivity (Wildman–Crippen MR) is 39.3 cm³/mol. The monoisotopic (exact) mass is 229 g/mol. The van der Waals surface area contributed by atoms with Crippen molar-refractivity contribution in [3.8, 4) is 0 Å². The molecule has 0 aliphatic heterocycles. The minimum atomic E-state index is -1.02. The number of thioether (sulfide) groups is 1. The van der Waals surface area contributed by atoms with E-state index in [1.165, 1.54) is 0 Å². The molecule has 1 atom stereocenters.